The summed E-state index contributed by atoms with van der Waals surface area (Å²) in [4.78, 5) is 30.1. The molecule has 0 bridgehead atoms. The van der Waals surface area contributed by atoms with Gasteiger partial charge in [0.25, 0.3) is 0 Å². The highest BCUT2D eigenvalue weighted by Crippen LogP contribution is 2.45. The topological polar surface area (TPSA) is 65.1 Å². The first kappa shape index (κ1) is 19.9. The molecular formula is C25H29N5O. The van der Waals surface area contributed by atoms with Gasteiger partial charge in [-0.3, -0.25) is 4.79 Å². The molecule has 1 saturated heterocycles. The van der Waals surface area contributed by atoms with Crippen LogP contribution in [-0.4, -0.2) is 50.9 Å². The number of unbranched alkanes of at least 4 members (excludes halogenated alkanes) is 1. The van der Waals surface area contributed by atoms with Gasteiger partial charge in [0.1, 0.15) is 17.8 Å². The third-order valence-corrected chi connectivity index (χ3v) is 6.62. The summed E-state index contributed by atoms with van der Waals surface area (Å²) in [5, 5.41) is 1.05. The number of hydrogen-bond acceptors (Lipinski definition) is 4. The van der Waals surface area contributed by atoms with Crippen molar-refractivity contribution in [1.29, 1.82) is 0 Å². The molecule has 0 unspecified atom stereocenters. The monoisotopic (exact) mass is 415 g/mol. The molecule has 2 aromatic heterocycles. The van der Waals surface area contributed by atoms with Crippen molar-refractivity contribution in [2.45, 2.75) is 57.4 Å². The van der Waals surface area contributed by atoms with Crippen LogP contribution in [-0.2, 0) is 4.79 Å². The minimum Gasteiger partial charge on any atom is -0.354 e. The maximum Gasteiger partial charge on any atom is 0.250 e. The normalized spacial score (nSPS) is 20.0. The van der Waals surface area contributed by atoms with E-state index in [1.54, 1.807) is 6.33 Å². The van der Waals surface area contributed by atoms with E-state index in [9.17, 15) is 4.79 Å². The third-order valence-electron chi connectivity index (χ3n) is 6.62. The minimum atomic E-state index is -0.0626. The fourth-order valence-electron chi connectivity index (χ4n) is 4.75. The van der Waals surface area contributed by atoms with Crippen LogP contribution in [0.15, 0.2) is 41.9 Å². The first-order chi connectivity index (χ1) is 15.2. The van der Waals surface area contributed by atoms with E-state index in [4.69, 9.17) is 0 Å². The summed E-state index contributed by atoms with van der Waals surface area (Å²) in [6, 6.07) is 2.04. The Balaban J connectivity index is 1.35. The van der Waals surface area contributed by atoms with E-state index in [2.05, 4.69) is 43.5 Å². The molecule has 1 spiro atoms. The Bertz CT molecular complexity index is 1110. The van der Waals surface area contributed by atoms with Crippen LogP contribution in [0.25, 0.3) is 11.0 Å². The molecule has 0 atom stereocenters. The van der Waals surface area contributed by atoms with Crippen LogP contribution in [0.5, 0.6) is 0 Å². The number of fused-ring (bicyclic) bond motifs is 1. The summed E-state index contributed by atoms with van der Waals surface area (Å²) in [5.41, 5.74) is 2.87. The number of nitrogens with one attached hydrogen (secondary N) is 1. The molecule has 2 aromatic rings. The Morgan fingerprint density at radius 2 is 2.13 bits per heavy atom. The highest BCUT2D eigenvalue weighted by Gasteiger charge is 2.52. The van der Waals surface area contributed by atoms with Gasteiger partial charge in [-0.05, 0) is 44.6 Å². The van der Waals surface area contributed by atoms with E-state index < -0.39 is 0 Å². The maximum atomic E-state index is 13.5. The van der Waals surface area contributed by atoms with E-state index >= 15 is 0 Å². The lowest BCUT2D eigenvalue weighted by molar-refractivity contribution is -0.130. The second-order valence-corrected chi connectivity index (χ2v) is 8.83. The SMILES string of the molecule is CCCC#CC1=CC=C(C(=O)N2CCCN(c3ncnc4[nH]ccc34)CC23CC3)CC1. The summed E-state index contributed by atoms with van der Waals surface area (Å²) >= 11 is 0. The second kappa shape index (κ2) is 8.22. The van der Waals surface area contributed by atoms with Gasteiger partial charge in [-0.2, -0.15) is 0 Å². The zero-order valence-corrected chi connectivity index (χ0v) is 18.2. The van der Waals surface area contributed by atoms with Gasteiger partial charge in [-0.15, -0.1) is 0 Å². The van der Waals surface area contributed by atoms with Crippen LogP contribution >= 0.6 is 0 Å². The van der Waals surface area contributed by atoms with Crippen LogP contribution in [0.4, 0.5) is 5.82 Å². The molecule has 31 heavy (non-hydrogen) atoms. The number of H-pyrrole nitrogens is 1. The van der Waals surface area contributed by atoms with E-state index in [1.807, 2.05) is 24.4 Å². The van der Waals surface area contributed by atoms with Crippen molar-refractivity contribution in [2.24, 2.45) is 0 Å². The Morgan fingerprint density at radius 1 is 1.23 bits per heavy atom. The highest BCUT2D eigenvalue weighted by molar-refractivity contribution is 5.95. The molecule has 6 nitrogen and oxygen atoms in total. The highest BCUT2D eigenvalue weighted by atomic mass is 16.2. The Hall–Kier alpha value is -3.07. The van der Waals surface area contributed by atoms with Crippen molar-refractivity contribution in [3.63, 3.8) is 0 Å². The maximum absolute atomic E-state index is 13.5. The molecule has 3 heterocycles. The predicted octanol–water partition coefficient (Wildman–Crippen LogP) is 3.98. The molecule has 1 aliphatic heterocycles. The second-order valence-electron chi connectivity index (χ2n) is 8.83. The largest absolute Gasteiger partial charge is 0.354 e. The van der Waals surface area contributed by atoms with Crippen LogP contribution < -0.4 is 4.90 Å². The van der Waals surface area contributed by atoms with Gasteiger partial charge in [-0.25, -0.2) is 9.97 Å². The predicted molar refractivity (Wildman–Crippen MR) is 122 cm³/mol. The van der Waals surface area contributed by atoms with Crippen LogP contribution in [0, 0.1) is 11.8 Å². The molecular weight excluding hydrogens is 386 g/mol. The van der Waals surface area contributed by atoms with Crippen molar-refractivity contribution in [2.75, 3.05) is 24.5 Å². The number of carbonyl (C=O) groups excluding carboxylic acids is 1. The first-order valence-corrected chi connectivity index (χ1v) is 11.4. The van der Waals surface area contributed by atoms with Gasteiger partial charge >= 0.3 is 0 Å². The Labute approximate surface area is 183 Å². The number of aromatic nitrogens is 3. The number of carbonyl (C=O) groups is 1. The quantitative estimate of drug-likeness (QED) is 0.770. The minimum absolute atomic E-state index is 0.0626. The van der Waals surface area contributed by atoms with Crippen molar-refractivity contribution in [3.05, 3.63) is 41.9 Å². The number of nitrogens with zero attached hydrogens (tertiary/aromatic N) is 4. The van der Waals surface area contributed by atoms with Crippen LogP contribution in [0.3, 0.4) is 0 Å². The van der Waals surface area contributed by atoms with Crippen molar-refractivity contribution >= 4 is 22.8 Å². The van der Waals surface area contributed by atoms with Gasteiger partial charge in [0.15, 0.2) is 0 Å². The zero-order valence-electron chi connectivity index (χ0n) is 18.2. The average molecular weight is 416 g/mol. The summed E-state index contributed by atoms with van der Waals surface area (Å²) < 4.78 is 0. The standard InChI is InChI=1S/C25H29N5O/c1-2-3-4-6-19-7-9-20(10-8-19)24(31)30-16-5-15-29(17-25(30)12-13-25)23-21-11-14-26-22(21)27-18-28-23/h7,9,11,14,18H,2-3,5,8,10,12-13,15-17H2,1H3,(H,26,27,28). The van der Waals surface area contributed by atoms with E-state index in [0.717, 1.165) is 92.6 Å². The molecule has 2 aliphatic carbocycles. The first-order valence-electron chi connectivity index (χ1n) is 11.4. The molecule has 1 N–H and O–H groups in total. The number of allylic oxidation sites excluding steroid dienone is 3. The smallest absolute Gasteiger partial charge is 0.250 e. The van der Waals surface area contributed by atoms with E-state index in [0.29, 0.717) is 0 Å². The third kappa shape index (κ3) is 3.85. The van der Waals surface area contributed by atoms with E-state index in [1.165, 1.54) is 0 Å². The van der Waals surface area contributed by atoms with Crippen molar-refractivity contribution in [1.82, 2.24) is 19.9 Å². The lowest BCUT2D eigenvalue weighted by atomic mass is 9.97. The summed E-state index contributed by atoms with van der Waals surface area (Å²) in [6.07, 6.45) is 14.3. The molecule has 6 heteroatoms. The molecule has 5 rings (SSSR count). The fourth-order valence-corrected chi connectivity index (χ4v) is 4.75. The van der Waals surface area contributed by atoms with Crippen molar-refractivity contribution in [3.8, 4) is 11.8 Å². The number of rotatable bonds is 3. The molecule has 2 fully saturated rings. The van der Waals surface area contributed by atoms with Crippen LogP contribution in [0.2, 0.25) is 0 Å². The molecule has 1 saturated carbocycles. The molecule has 1 amide bonds. The Morgan fingerprint density at radius 3 is 2.90 bits per heavy atom. The lowest BCUT2D eigenvalue weighted by Crippen LogP contribution is -2.47. The Kier molecular flexibility index (Phi) is 5.27. The summed E-state index contributed by atoms with van der Waals surface area (Å²) in [6.45, 7) is 4.69. The fraction of sp³-hybridized carbons (Fsp3) is 0.480. The molecule has 3 aliphatic rings. The van der Waals surface area contributed by atoms with Gasteiger partial charge in [0.2, 0.25) is 5.91 Å². The van der Waals surface area contributed by atoms with Gasteiger partial charge in [-0.1, -0.05) is 30.9 Å². The van der Waals surface area contributed by atoms with Gasteiger partial charge in [0.05, 0.1) is 10.9 Å². The lowest BCUT2D eigenvalue weighted by Gasteiger charge is -2.33. The number of anilines is 1. The summed E-state index contributed by atoms with van der Waals surface area (Å²) in [5.74, 6) is 7.66. The van der Waals surface area contributed by atoms with Crippen LogP contribution in [0.1, 0.15) is 51.9 Å². The molecule has 0 radical (unpaired) electrons. The van der Waals surface area contributed by atoms with Gasteiger partial charge < -0.3 is 14.8 Å². The summed E-state index contributed by atoms with van der Waals surface area (Å²) in [7, 11) is 0. The average Bonchev–Trinajstić information content (AvgIpc) is 3.46. The van der Waals surface area contributed by atoms with Gasteiger partial charge in [0, 0.05) is 43.4 Å². The van der Waals surface area contributed by atoms with E-state index in [-0.39, 0.29) is 11.4 Å². The number of hydrogen-bond donors (Lipinski definition) is 1. The molecule has 160 valence electrons. The zero-order chi connectivity index (χ0) is 21.3. The van der Waals surface area contributed by atoms with Crippen molar-refractivity contribution < 1.29 is 4.79 Å². The number of aromatic amines is 1. The number of amides is 1. The molecule has 0 aromatic carbocycles.